The number of hydrogen-bond donors (Lipinski definition) is 3. The highest BCUT2D eigenvalue weighted by atomic mass is 16.5. The lowest BCUT2D eigenvalue weighted by molar-refractivity contribution is 0.0599. The topological polar surface area (TPSA) is 139 Å². The first kappa shape index (κ1) is 19.2. The number of benzene rings is 1. The molecule has 0 radical (unpaired) electrons. The number of nitrogens with zero attached hydrogens (tertiary/aromatic N) is 2. The first-order valence-electron chi connectivity index (χ1n) is 9.01. The molecule has 0 unspecified atom stereocenters. The Balaban J connectivity index is 1.76. The van der Waals surface area contributed by atoms with Gasteiger partial charge in [0.1, 0.15) is 22.7 Å². The molecule has 3 N–H and O–H groups in total. The van der Waals surface area contributed by atoms with Crippen LogP contribution in [0.3, 0.4) is 0 Å². The number of esters is 1. The van der Waals surface area contributed by atoms with Gasteiger partial charge in [0.05, 0.1) is 19.8 Å². The highest BCUT2D eigenvalue weighted by Crippen LogP contribution is 2.28. The summed E-state index contributed by atoms with van der Waals surface area (Å²) in [6, 6.07) is 5.27. The Hall–Kier alpha value is -4.08. The molecule has 1 aromatic heterocycles. The number of nitrogens with one attached hydrogen (secondary N) is 2. The SMILES string of the molecule is COC(=O)c1cn(CCc2c(C(=O)O)[nH]c3ccc(OC)cc23)cc2c(=O)[nH]nc1-2. The van der Waals surface area contributed by atoms with Crippen molar-refractivity contribution in [1.29, 1.82) is 0 Å². The van der Waals surface area contributed by atoms with Crippen molar-refractivity contribution in [2.45, 2.75) is 13.0 Å². The maximum atomic E-state index is 12.1. The normalized spacial score (nSPS) is 11.1. The highest BCUT2D eigenvalue weighted by Gasteiger charge is 2.22. The van der Waals surface area contributed by atoms with E-state index >= 15 is 0 Å². The third-order valence-corrected chi connectivity index (χ3v) is 4.97. The number of aromatic amines is 2. The van der Waals surface area contributed by atoms with E-state index < -0.39 is 17.5 Å². The second kappa shape index (κ2) is 7.39. The number of fused-ring (bicyclic) bond motifs is 2. The Morgan fingerprint density at radius 3 is 2.73 bits per heavy atom. The molecule has 0 amide bonds. The van der Waals surface area contributed by atoms with Gasteiger partial charge in [-0.1, -0.05) is 0 Å². The van der Waals surface area contributed by atoms with Crippen LogP contribution >= 0.6 is 0 Å². The molecule has 0 spiro atoms. The van der Waals surface area contributed by atoms with Crippen molar-refractivity contribution >= 4 is 22.8 Å². The molecule has 10 heteroatoms. The van der Waals surface area contributed by atoms with Crippen LogP contribution < -0.4 is 10.3 Å². The Kier molecular flexibility index (Phi) is 4.74. The van der Waals surface area contributed by atoms with E-state index in [1.807, 2.05) is 0 Å². The molecule has 2 aliphatic rings. The Labute approximate surface area is 169 Å². The van der Waals surface area contributed by atoms with Gasteiger partial charge in [-0.3, -0.25) is 4.79 Å². The Bertz CT molecular complexity index is 1300. The summed E-state index contributed by atoms with van der Waals surface area (Å²) in [5.41, 5.74) is 1.55. The van der Waals surface area contributed by atoms with Crippen LogP contribution in [0.5, 0.6) is 5.75 Å². The van der Waals surface area contributed by atoms with E-state index in [0.29, 0.717) is 29.8 Å². The summed E-state index contributed by atoms with van der Waals surface area (Å²) in [5, 5.41) is 16.6. The molecule has 1 aromatic carbocycles. The molecule has 0 saturated heterocycles. The van der Waals surface area contributed by atoms with Crippen molar-refractivity contribution in [3.63, 3.8) is 0 Å². The second-order valence-electron chi connectivity index (χ2n) is 6.66. The fourth-order valence-corrected chi connectivity index (χ4v) is 3.52. The summed E-state index contributed by atoms with van der Waals surface area (Å²) in [6.45, 7) is 0.314. The molecule has 10 nitrogen and oxygen atoms in total. The number of aromatic carboxylic acids is 1. The second-order valence-corrected chi connectivity index (χ2v) is 6.66. The number of carbonyl (C=O) groups excluding carboxylic acids is 1. The minimum atomic E-state index is -1.08. The molecule has 2 aromatic rings. The zero-order chi connectivity index (χ0) is 21.4. The van der Waals surface area contributed by atoms with Crippen molar-refractivity contribution in [3.05, 3.63) is 57.8 Å². The van der Waals surface area contributed by atoms with Crippen LogP contribution in [0.1, 0.15) is 26.4 Å². The monoisotopic (exact) mass is 410 g/mol. The molecule has 0 saturated carbocycles. The zero-order valence-corrected chi connectivity index (χ0v) is 16.2. The van der Waals surface area contributed by atoms with Crippen LogP contribution in [-0.4, -0.2) is 51.0 Å². The van der Waals surface area contributed by atoms with E-state index in [9.17, 15) is 19.5 Å². The number of hydrogen-bond acceptors (Lipinski definition) is 6. The number of methoxy groups -OCH3 is 2. The van der Waals surface area contributed by atoms with Crippen LogP contribution in [0.4, 0.5) is 0 Å². The van der Waals surface area contributed by atoms with Crippen molar-refractivity contribution < 1.29 is 24.2 Å². The van der Waals surface area contributed by atoms with Crippen molar-refractivity contribution in [2.24, 2.45) is 0 Å². The fourth-order valence-electron chi connectivity index (χ4n) is 3.52. The number of H-pyrrole nitrogens is 2. The molecule has 0 bridgehead atoms. The van der Waals surface area contributed by atoms with Gasteiger partial charge in [0.15, 0.2) is 0 Å². The zero-order valence-electron chi connectivity index (χ0n) is 16.2. The van der Waals surface area contributed by atoms with Crippen LogP contribution in [0.15, 0.2) is 35.4 Å². The quantitative estimate of drug-likeness (QED) is 0.413. The number of rotatable bonds is 6. The van der Waals surface area contributed by atoms with Gasteiger partial charge >= 0.3 is 11.9 Å². The van der Waals surface area contributed by atoms with E-state index in [1.165, 1.54) is 20.4 Å². The largest absolute Gasteiger partial charge is 0.497 e. The molecule has 30 heavy (non-hydrogen) atoms. The number of aromatic nitrogens is 4. The van der Waals surface area contributed by atoms with E-state index in [1.54, 1.807) is 29.0 Å². The Morgan fingerprint density at radius 1 is 1.23 bits per heavy atom. The molecule has 0 aliphatic carbocycles. The van der Waals surface area contributed by atoms with Gasteiger partial charge < -0.3 is 24.1 Å². The van der Waals surface area contributed by atoms with Crippen LogP contribution in [0.2, 0.25) is 0 Å². The molecule has 4 rings (SSSR count). The summed E-state index contributed by atoms with van der Waals surface area (Å²) < 4.78 is 11.7. The van der Waals surface area contributed by atoms with Gasteiger partial charge in [0, 0.05) is 29.8 Å². The van der Waals surface area contributed by atoms with Crippen LogP contribution in [0.25, 0.3) is 22.2 Å². The average Bonchev–Trinajstić information content (AvgIpc) is 3.31. The van der Waals surface area contributed by atoms with Gasteiger partial charge in [-0.25, -0.2) is 14.7 Å². The van der Waals surface area contributed by atoms with Crippen molar-refractivity contribution in [1.82, 2.24) is 19.7 Å². The lowest BCUT2D eigenvalue weighted by atomic mass is 10.1. The summed E-state index contributed by atoms with van der Waals surface area (Å²) in [6.07, 6.45) is 3.44. The minimum absolute atomic E-state index is 0.0842. The number of carboxylic acids is 1. The number of pyridine rings is 1. The smallest absolute Gasteiger partial charge is 0.352 e. The van der Waals surface area contributed by atoms with Crippen molar-refractivity contribution in [2.75, 3.05) is 14.2 Å². The molecule has 3 heterocycles. The average molecular weight is 410 g/mol. The number of carbonyl (C=O) groups is 2. The standard InChI is InChI=1S/C20H18N4O6/c1-29-10-3-4-15-12(7-10)11(17(21-15)19(26)27)5-6-24-8-13-16(22-23-18(13)25)14(9-24)20(28)30-2/h3-4,7-9,21H,5-6H2,1-2H3,(H,23,25)(H,26,27). The summed E-state index contributed by atoms with van der Waals surface area (Å²) in [5.74, 6) is -1.09. The predicted molar refractivity (Wildman–Crippen MR) is 106 cm³/mol. The first-order valence-corrected chi connectivity index (χ1v) is 9.01. The highest BCUT2D eigenvalue weighted by molar-refractivity contribution is 5.98. The van der Waals surface area contributed by atoms with Crippen LogP contribution in [-0.2, 0) is 17.7 Å². The van der Waals surface area contributed by atoms with E-state index in [2.05, 4.69) is 15.2 Å². The lowest BCUT2D eigenvalue weighted by Gasteiger charge is -2.12. The van der Waals surface area contributed by atoms with E-state index in [0.717, 1.165) is 5.39 Å². The van der Waals surface area contributed by atoms with E-state index in [4.69, 9.17) is 9.47 Å². The summed E-state index contributed by atoms with van der Waals surface area (Å²) >= 11 is 0. The van der Waals surface area contributed by atoms with Gasteiger partial charge in [0.2, 0.25) is 0 Å². The number of carboxylic acid groups (broad SMARTS) is 1. The van der Waals surface area contributed by atoms with Gasteiger partial charge in [0.25, 0.3) is 5.56 Å². The predicted octanol–water partition coefficient (Wildman–Crippen LogP) is 1.89. The first-order chi connectivity index (χ1) is 14.4. The molecular formula is C20H18N4O6. The Morgan fingerprint density at radius 2 is 2.03 bits per heavy atom. The third kappa shape index (κ3) is 3.17. The molecule has 2 aliphatic heterocycles. The molecular weight excluding hydrogens is 392 g/mol. The van der Waals surface area contributed by atoms with Crippen molar-refractivity contribution in [3.8, 4) is 17.0 Å². The lowest BCUT2D eigenvalue weighted by Crippen LogP contribution is -2.13. The van der Waals surface area contributed by atoms with Gasteiger partial charge in [-0.2, -0.15) is 5.10 Å². The molecule has 0 atom stereocenters. The molecule has 0 fully saturated rings. The number of aryl methyl sites for hydroxylation is 2. The molecule has 154 valence electrons. The van der Waals surface area contributed by atoms with E-state index in [-0.39, 0.29) is 22.5 Å². The maximum Gasteiger partial charge on any atom is 0.352 e. The summed E-state index contributed by atoms with van der Waals surface area (Å²) in [7, 11) is 2.78. The van der Waals surface area contributed by atoms with Gasteiger partial charge in [-0.15, -0.1) is 0 Å². The maximum absolute atomic E-state index is 12.1. The van der Waals surface area contributed by atoms with Gasteiger partial charge in [-0.05, 0) is 30.2 Å². The van der Waals surface area contributed by atoms with Crippen LogP contribution in [0, 0.1) is 0 Å². The fraction of sp³-hybridized carbons (Fsp3) is 0.200. The number of ether oxygens (including phenoxy) is 2. The third-order valence-electron chi connectivity index (χ3n) is 4.97. The summed E-state index contributed by atoms with van der Waals surface area (Å²) in [4.78, 5) is 38.8. The minimum Gasteiger partial charge on any atom is -0.497 e.